The van der Waals surface area contributed by atoms with Gasteiger partial charge in [-0.2, -0.15) is 5.10 Å². The van der Waals surface area contributed by atoms with Gasteiger partial charge in [-0.25, -0.2) is 9.67 Å². The summed E-state index contributed by atoms with van der Waals surface area (Å²) in [6, 6.07) is 0.0913. The summed E-state index contributed by atoms with van der Waals surface area (Å²) in [5.41, 5.74) is 3.75. The molecule has 0 bridgehead atoms. The van der Waals surface area contributed by atoms with Crippen LogP contribution in [0.5, 0.6) is 0 Å². The first-order chi connectivity index (χ1) is 12.3. The molecular formula is C17H24N6O2S. The van der Waals surface area contributed by atoms with Gasteiger partial charge in [-0.1, -0.05) is 0 Å². The number of hydrogen-bond acceptors (Lipinski definition) is 6. The molecule has 8 nitrogen and oxygen atoms in total. The van der Waals surface area contributed by atoms with Crippen molar-refractivity contribution in [1.82, 2.24) is 25.4 Å². The van der Waals surface area contributed by atoms with Gasteiger partial charge in [0.2, 0.25) is 11.8 Å². The van der Waals surface area contributed by atoms with E-state index in [4.69, 9.17) is 0 Å². The molecule has 0 radical (unpaired) electrons. The topological polar surface area (TPSA) is 101 Å². The summed E-state index contributed by atoms with van der Waals surface area (Å²) >= 11 is 1.42. The van der Waals surface area contributed by atoms with E-state index in [-0.39, 0.29) is 24.1 Å². The Labute approximate surface area is 156 Å². The lowest BCUT2D eigenvalue weighted by Gasteiger charge is -2.30. The SMILES string of the molecule is Cc1csc(NC(=O)CCc2c(C)nn(C3NC(=O)CC(C)N3)c2C)n1. The summed E-state index contributed by atoms with van der Waals surface area (Å²) < 4.78 is 1.79. The largest absolute Gasteiger partial charge is 0.322 e. The molecule has 1 fully saturated rings. The van der Waals surface area contributed by atoms with Crippen LogP contribution in [0.25, 0.3) is 0 Å². The third-order valence-corrected chi connectivity index (χ3v) is 5.29. The van der Waals surface area contributed by atoms with Crippen LogP contribution in [0.15, 0.2) is 5.38 Å². The van der Waals surface area contributed by atoms with Crippen LogP contribution >= 0.6 is 11.3 Å². The Hall–Kier alpha value is -2.26. The summed E-state index contributed by atoms with van der Waals surface area (Å²) in [5, 5.41) is 16.2. The Bertz CT molecular complexity index is 827. The highest BCUT2D eigenvalue weighted by Crippen LogP contribution is 2.20. The number of anilines is 1. The van der Waals surface area contributed by atoms with Crippen LogP contribution in [0.2, 0.25) is 0 Å². The molecule has 26 heavy (non-hydrogen) atoms. The number of aryl methyl sites for hydroxylation is 2. The molecule has 2 unspecified atom stereocenters. The van der Waals surface area contributed by atoms with Gasteiger partial charge >= 0.3 is 0 Å². The van der Waals surface area contributed by atoms with Gasteiger partial charge in [0, 0.05) is 30.0 Å². The lowest BCUT2D eigenvalue weighted by molar-refractivity contribution is -0.125. The van der Waals surface area contributed by atoms with Crippen LogP contribution in [0.1, 0.15) is 48.7 Å². The number of carbonyl (C=O) groups excluding carboxylic acids is 2. The van der Waals surface area contributed by atoms with Crippen LogP contribution in [-0.4, -0.2) is 32.6 Å². The molecule has 1 saturated heterocycles. The number of nitrogens with one attached hydrogen (secondary N) is 3. The summed E-state index contributed by atoms with van der Waals surface area (Å²) in [7, 11) is 0. The molecule has 3 heterocycles. The maximum Gasteiger partial charge on any atom is 0.226 e. The standard InChI is InChI=1S/C17H24N6O2S/c1-9-7-15(25)20-16(18-9)23-12(4)13(11(3)22-23)5-6-14(24)21-17-19-10(2)8-26-17/h8-9,16,18H,5-7H2,1-4H3,(H,20,25)(H,19,21,24). The molecule has 2 aromatic heterocycles. The smallest absolute Gasteiger partial charge is 0.226 e. The van der Waals surface area contributed by atoms with E-state index in [1.165, 1.54) is 11.3 Å². The highest BCUT2D eigenvalue weighted by molar-refractivity contribution is 7.13. The molecule has 0 spiro atoms. The van der Waals surface area contributed by atoms with Crippen molar-refractivity contribution in [2.45, 2.75) is 59.3 Å². The number of rotatable bonds is 5. The fourth-order valence-electron chi connectivity index (χ4n) is 3.13. The monoisotopic (exact) mass is 376 g/mol. The number of thiazole rings is 1. The lowest BCUT2D eigenvalue weighted by Crippen LogP contribution is -2.52. The Kier molecular flexibility index (Phi) is 5.38. The maximum atomic E-state index is 12.2. The van der Waals surface area contributed by atoms with Gasteiger partial charge in [0.1, 0.15) is 0 Å². The predicted octanol–water partition coefficient (Wildman–Crippen LogP) is 1.79. The Morgan fingerprint density at radius 1 is 1.42 bits per heavy atom. The van der Waals surface area contributed by atoms with E-state index < -0.39 is 0 Å². The van der Waals surface area contributed by atoms with Gasteiger partial charge < -0.3 is 10.6 Å². The highest BCUT2D eigenvalue weighted by atomic mass is 32.1. The van der Waals surface area contributed by atoms with Crippen molar-refractivity contribution in [2.24, 2.45) is 0 Å². The normalized spacial score (nSPS) is 20.1. The first kappa shape index (κ1) is 18.5. The maximum absolute atomic E-state index is 12.2. The van der Waals surface area contributed by atoms with Crippen molar-refractivity contribution in [3.8, 4) is 0 Å². The molecule has 9 heteroatoms. The zero-order chi connectivity index (χ0) is 18.8. The average Bonchev–Trinajstić information content (AvgIpc) is 3.08. The predicted molar refractivity (Wildman–Crippen MR) is 99.9 cm³/mol. The first-order valence-corrected chi connectivity index (χ1v) is 9.53. The quantitative estimate of drug-likeness (QED) is 0.739. The molecule has 140 valence electrons. The minimum atomic E-state index is -0.356. The van der Waals surface area contributed by atoms with Crippen LogP contribution in [-0.2, 0) is 16.0 Å². The van der Waals surface area contributed by atoms with Crippen molar-refractivity contribution in [3.05, 3.63) is 28.0 Å². The zero-order valence-electron chi connectivity index (χ0n) is 15.4. The number of aromatic nitrogens is 3. The van der Waals surface area contributed by atoms with Crippen LogP contribution in [0.3, 0.4) is 0 Å². The van der Waals surface area contributed by atoms with E-state index in [9.17, 15) is 9.59 Å². The molecule has 2 atom stereocenters. The van der Waals surface area contributed by atoms with Crippen LogP contribution in [0.4, 0.5) is 5.13 Å². The van der Waals surface area contributed by atoms with E-state index >= 15 is 0 Å². The van der Waals surface area contributed by atoms with Gasteiger partial charge in [-0.3, -0.25) is 14.9 Å². The third kappa shape index (κ3) is 4.10. The minimum absolute atomic E-state index is 0.00784. The van der Waals surface area contributed by atoms with Gasteiger partial charge in [0.05, 0.1) is 11.4 Å². The van der Waals surface area contributed by atoms with Crippen molar-refractivity contribution >= 4 is 28.3 Å². The molecule has 2 aromatic rings. The van der Waals surface area contributed by atoms with Crippen molar-refractivity contribution < 1.29 is 9.59 Å². The van der Waals surface area contributed by atoms with E-state index in [2.05, 4.69) is 26.0 Å². The minimum Gasteiger partial charge on any atom is -0.322 e. The second kappa shape index (κ2) is 7.55. The van der Waals surface area contributed by atoms with E-state index in [0.717, 1.165) is 22.6 Å². The molecule has 1 aliphatic rings. The van der Waals surface area contributed by atoms with Gasteiger partial charge in [0.25, 0.3) is 0 Å². The molecule has 2 amide bonds. The van der Waals surface area contributed by atoms with Crippen LogP contribution in [0, 0.1) is 20.8 Å². The fourth-order valence-corrected chi connectivity index (χ4v) is 3.84. The second-order valence-electron chi connectivity index (χ2n) is 6.68. The Morgan fingerprint density at radius 3 is 2.85 bits per heavy atom. The third-order valence-electron chi connectivity index (χ3n) is 4.42. The second-order valence-corrected chi connectivity index (χ2v) is 7.54. The molecular weight excluding hydrogens is 352 g/mol. The summed E-state index contributed by atoms with van der Waals surface area (Å²) in [4.78, 5) is 28.2. The van der Waals surface area contributed by atoms with Gasteiger partial charge in [0.15, 0.2) is 11.4 Å². The molecule has 3 rings (SSSR count). The van der Waals surface area contributed by atoms with E-state index in [0.29, 0.717) is 24.4 Å². The molecule has 0 aromatic carbocycles. The van der Waals surface area contributed by atoms with Gasteiger partial charge in [-0.15, -0.1) is 11.3 Å². The summed E-state index contributed by atoms with van der Waals surface area (Å²) in [6.07, 6.45) is 1.04. The molecule has 0 saturated carbocycles. The number of hydrogen-bond donors (Lipinski definition) is 3. The summed E-state index contributed by atoms with van der Waals surface area (Å²) in [5.74, 6) is -0.0583. The Balaban J connectivity index is 1.66. The van der Waals surface area contributed by atoms with E-state index in [1.807, 2.05) is 33.1 Å². The van der Waals surface area contributed by atoms with Crippen molar-refractivity contribution in [2.75, 3.05) is 5.32 Å². The number of nitrogens with zero attached hydrogens (tertiary/aromatic N) is 3. The van der Waals surface area contributed by atoms with E-state index in [1.54, 1.807) is 4.68 Å². The highest BCUT2D eigenvalue weighted by Gasteiger charge is 2.27. The zero-order valence-corrected chi connectivity index (χ0v) is 16.2. The lowest BCUT2D eigenvalue weighted by atomic mass is 10.1. The number of carbonyl (C=O) groups is 2. The number of amides is 2. The average molecular weight is 376 g/mol. The fraction of sp³-hybridized carbons (Fsp3) is 0.529. The molecule has 1 aliphatic heterocycles. The molecule has 0 aliphatic carbocycles. The Morgan fingerprint density at radius 2 is 2.19 bits per heavy atom. The van der Waals surface area contributed by atoms with Gasteiger partial charge in [-0.05, 0) is 39.7 Å². The summed E-state index contributed by atoms with van der Waals surface area (Å²) in [6.45, 7) is 7.76. The first-order valence-electron chi connectivity index (χ1n) is 8.65. The van der Waals surface area contributed by atoms with Crippen molar-refractivity contribution in [1.29, 1.82) is 0 Å². The van der Waals surface area contributed by atoms with Crippen LogP contribution < -0.4 is 16.0 Å². The van der Waals surface area contributed by atoms with Crippen molar-refractivity contribution in [3.63, 3.8) is 0 Å². The molecule has 3 N–H and O–H groups in total.